The number of aromatic nitrogens is 1. The van der Waals surface area contributed by atoms with Crippen LogP contribution in [0, 0.1) is 5.82 Å². The van der Waals surface area contributed by atoms with Crippen LogP contribution in [0.25, 0.3) is 10.6 Å². The van der Waals surface area contributed by atoms with Crippen molar-refractivity contribution in [2.24, 2.45) is 0 Å². The normalized spacial score (nSPS) is 15.7. The first-order chi connectivity index (χ1) is 11.7. The molecular formula is C18H22FN3OS. The lowest BCUT2D eigenvalue weighted by Crippen LogP contribution is -2.48. The number of piperazine rings is 1. The molecule has 2 aromatic rings. The molecule has 0 unspecified atom stereocenters. The SMILES string of the molecule is CCN1CCN(C(=O)CCc2csc(-c3ccccc3F)n2)CC1. The molecule has 1 fully saturated rings. The Morgan fingerprint density at radius 2 is 2.00 bits per heavy atom. The zero-order chi connectivity index (χ0) is 16.9. The summed E-state index contributed by atoms with van der Waals surface area (Å²) in [5, 5.41) is 2.59. The summed E-state index contributed by atoms with van der Waals surface area (Å²) in [5.74, 6) is -0.0746. The van der Waals surface area contributed by atoms with Crippen LogP contribution in [0.1, 0.15) is 19.0 Å². The zero-order valence-corrected chi connectivity index (χ0v) is 14.7. The molecule has 0 radical (unpaired) electrons. The van der Waals surface area contributed by atoms with Crippen molar-refractivity contribution in [3.8, 4) is 10.6 Å². The van der Waals surface area contributed by atoms with Crippen LogP contribution in [0.15, 0.2) is 29.6 Å². The number of carbonyl (C=O) groups is 1. The number of amides is 1. The van der Waals surface area contributed by atoms with Crippen LogP contribution in [-0.4, -0.2) is 53.4 Å². The van der Waals surface area contributed by atoms with Gasteiger partial charge < -0.3 is 9.80 Å². The number of halogens is 1. The van der Waals surface area contributed by atoms with Crippen molar-refractivity contribution in [1.29, 1.82) is 0 Å². The first-order valence-electron chi connectivity index (χ1n) is 8.37. The molecule has 0 spiro atoms. The number of aryl methyl sites for hydroxylation is 1. The van der Waals surface area contributed by atoms with E-state index in [0.717, 1.165) is 38.4 Å². The van der Waals surface area contributed by atoms with Gasteiger partial charge in [-0.2, -0.15) is 0 Å². The third kappa shape index (κ3) is 3.99. The maximum absolute atomic E-state index is 13.8. The molecule has 24 heavy (non-hydrogen) atoms. The van der Waals surface area contributed by atoms with Crippen molar-refractivity contribution in [3.63, 3.8) is 0 Å². The number of nitrogens with zero attached hydrogens (tertiary/aromatic N) is 3. The number of rotatable bonds is 5. The molecule has 2 heterocycles. The first-order valence-corrected chi connectivity index (χ1v) is 9.24. The molecule has 3 rings (SSSR count). The Morgan fingerprint density at radius 3 is 2.71 bits per heavy atom. The van der Waals surface area contributed by atoms with Gasteiger partial charge in [0.1, 0.15) is 10.8 Å². The second-order valence-corrected chi connectivity index (χ2v) is 6.80. The summed E-state index contributed by atoms with van der Waals surface area (Å²) in [4.78, 5) is 21.1. The molecule has 1 aliphatic rings. The lowest BCUT2D eigenvalue weighted by atomic mass is 10.2. The van der Waals surface area contributed by atoms with Crippen LogP contribution in [-0.2, 0) is 11.2 Å². The predicted molar refractivity (Wildman–Crippen MR) is 94.5 cm³/mol. The van der Waals surface area contributed by atoms with Gasteiger partial charge in [0.25, 0.3) is 0 Å². The lowest BCUT2D eigenvalue weighted by molar-refractivity contribution is -0.132. The fourth-order valence-corrected chi connectivity index (χ4v) is 3.77. The molecule has 1 aromatic heterocycles. The van der Waals surface area contributed by atoms with E-state index in [1.165, 1.54) is 17.4 Å². The summed E-state index contributed by atoms with van der Waals surface area (Å²) in [6.07, 6.45) is 1.07. The Hall–Kier alpha value is -1.79. The molecule has 0 N–H and O–H groups in total. The third-order valence-corrected chi connectivity index (χ3v) is 5.35. The van der Waals surface area contributed by atoms with Gasteiger partial charge in [-0.15, -0.1) is 11.3 Å². The fraction of sp³-hybridized carbons (Fsp3) is 0.444. The molecule has 128 valence electrons. The number of thiazole rings is 1. The lowest BCUT2D eigenvalue weighted by Gasteiger charge is -2.34. The van der Waals surface area contributed by atoms with Crippen molar-refractivity contribution in [2.75, 3.05) is 32.7 Å². The summed E-state index contributed by atoms with van der Waals surface area (Å²) >= 11 is 1.42. The van der Waals surface area contributed by atoms with Crippen LogP contribution in [0.4, 0.5) is 4.39 Å². The van der Waals surface area contributed by atoms with Gasteiger partial charge >= 0.3 is 0 Å². The standard InChI is InChI=1S/C18H22FN3OS/c1-2-21-9-11-22(12-10-21)17(23)8-7-14-13-24-18(20-14)15-5-3-4-6-16(15)19/h3-6,13H,2,7-12H2,1H3. The molecule has 6 heteroatoms. The summed E-state index contributed by atoms with van der Waals surface area (Å²) in [5.41, 5.74) is 1.38. The quantitative estimate of drug-likeness (QED) is 0.834. The van der Waals surface area contributed by atoms with Gasteiger partial charge in [0, 0.05) is 43.5 Å². The predicted octanol–water partition coefficient (Wildman–Crippen LogP) is 3.05. The molecular weight excluding hydrogens is 325 g/mol. The van der Waals surface area contributed by atoms with Crippen LogP contribution in [0.5, 0.6) is 0 Å². The molecule has 0 bridgehead atoms. The van der Waals surface area contributed by atoms with E-state index in [0.29, 0.717) is 23.4 Å². The number of hydrogen-bond acceptors (Lipinski definition) is 4. The first kappa shape index (κ1) is 17.0. The summed E-state index contributed by atoms with van der Waals surface area (Å²) in [6, 6.07) is 6.65. The fourth-order valence-electron chi connectivity index (χ4n) is 2.89. The van der Waals surface area contributed by atoms with E-state index in [-0.39, 0.29) is 11.7 Å². The van der Waals surface area contributed by atoms with Gasteiger partial charge in [0.2, 0.25) is 5.91 Å². The summed E-state index contributed by atoms with van der Waals surface area (Å²) < 4.78 is 13.8. The topological polar surface area (TPSA) is 36.4 Å². The molecule has 1 saturated heterocycles. The zero-order valence-electron chi connectivity index (χ0n) is 13.9. The van der Waals surface area contributed by atoms with E-state index < -0.39 is 0 Å². The summed E-state index contributed by atoms with van der Waals surface area (Å²) in [6.45, 7) is 6.72. The van der Waals surface area contributed by atoms with Gasteiger partial charge in [-0.3, -0.25) is 4.79 Å². The van der Waals surface area contributed by atoms with Crippen molar-refractivity contribution < 1.29 is 9.18 Å². The largest absolute Gasteiger partial charge is 0.340 e. The monoisotopic (exact) mass is 347 g/mol. The highest BCUT2D eigenvalue weighted by Crippen LogP contribution is 2.26. The van der Waals surface area contributed by atoms with Crippen LogP contribution < -0.4 is 0 Å². The highest BCUT2D eigenvalue weighted by atomic mass is 32.1. The molecule has 1 aromatic carbocycles. The van der Waals surface area contributed by atoms with Crippen LogP contribution in [0.3, 0.4) is 0 Å². The van der Waals surface area contributed by atoms with E-state index in [2.05, 4.69) is 16.8 Å². The molecule has 0 atom stereocenters. The molecule has 1 amide bonds. The van der Waals surface area contributed by atoms with E-state index in [1.807, 2.05) is 10.3 Å². The Morgan fingerprint density at radius 1 is 1.25 bits per heavy atom. The van der Waals surface area contributed by atoms with Crippen molar-refractivity contribution in [1.82, 2.24) is 14.8 Å². The average Bonchev–Trinajstić information content (AvgIpc) is 3.09. The maximum Gasteiger partial charge on any atom is 0.223 e. The van der Waals surface area contributed by atoms with Crippen LogP contribution in [0.2, 0.25) is 0 Å². The van der Waals surface area contributed by atoms with E-state index in [1.54, 1.807) is 18.2 Å². The van der Waals surface area contributed by atoms with Crippen molar-refractivity contribution in [3.05, 3.63) is 41.2 Å². The summed E-state index contributed by atoms with van der Waals surface area (Å²) in [7, 11) is 0. The minimum absolute atomic E-state index is 0.186. The molecule has 0 aliphatic carbocycles. The number of likely N-dealkylation sites (N-methyl/N-ethyl adjacent to an activating group) is 1. The minimum Gasteiger partial charge on any atom is -0.340 e. The van der Waals surface area contributed by atoms with Crippen LogP contribution >= 0.6 is 11.3 Å². The van der Waals surface area contributed by atoms with E-state index >= 15 is 0 Å². The average molecular weight is 347 g/mol. The van der Waals surface area contributed by atoms with E-state index in [4.69, 9.17) is 0 Å². The Bertz CT molecular complexity index is 695. The highest BCUT2D eigenvalue weighted by Gasteiger charge is 2.20. The van der Waals surface area contributed by atoms with Gasteiger partial charge in [-0.05, 0) is 25.1 Å². The molecule has 1 aliphatic heterocycles. The number of carbonyl (C=O) groups excluding carboxylic acids is 1. The second kappa shape index (κ2) is 7.85. The molecule has 0 saturated carbocycles. The number of hydrogen-bond donors (Lipinski definition) is 0. The Balaban J connectivity index is 1.54. The smallest absolute Gasteiger partial charge is 0.223 e. The third-order valence-electron chi connectivity index (χ3n) is 4.42. The molecule has 4 nitrogen and oxygen atoms in total. The maximum atomic E-state index is 13.8. The van der Waals surface area contributed by atoms with Crippen molar-refractivity contribution in [2.45, 2.75) is 19.8 Å². The van der Waals surface area contributed by atoms with Gasteiger partial charge in [0.15, 0.2) is 0 Å². The van der Waals surface area contributed by atoms with Gasteiger partial charge in [-0.25, -0.2) is 9.37 Å². The highest BCUT2D eigenvalue weighted by molar-refractivity contribution is 7.13. The minimum atomic E-state index is -0.261. The van der Waals surface area contributed by atoms with Gasteiger partial charge in [0.05, 0.1) is 5.69 Å². The van der Waals surface area contributed by atoms with Crippen molar-refractivity contribution >= 4 is 17.2 Å². The Labute approximate surface area is 145 Å². The second-order valence-electron chi connectivity index (χ2n) is 5.94. The Kier molecular flexibility index (Phi) is 5.58. The van der Waals surface area contributed by atoms with E-state index in [9.17, 15) is 9.18 Å². The van der Waals surface area contributed by atoms with Gasteiger partial charge in [-0.1, -0.05) is 19.1 Å². The number of benzene rings is 1.